The molecule has 0 unspecified atom stereocenters. The summed E-state index contributed by atoms with van der Waals surface area (Å²) in [4.78, 5) is 18.6. The lowest BCUT2D eigenvalue weighted by Gasteiger charge is -2.37. The maximum atomic E-state index is 13.6. The Morgan fingerprint density at radius 2 is 2.05 bits per heavy atom. The van der Waals surface area contributed by atoms with E-state index in [1.54, 1.807) is 49.5 Å². The van der Waals surface area contributed by atoms with E-state index in [4.69, 9.17) is 4.74 Å². The lowest BCUT2D eigenvalue weighted by molar-refractivity contribution is -0.130. The third kappa shape index (κ3) is 7.31. The summed E-state index contributed by atoms with van der Waals surface area (Å²) in [5, 5.41) is 9.81. The van der Waals surface area contributed by atoms with Crippen molar-refractivity contribution in [1.29, 1.82) is 0 Å². The minimum Gasteiger partial charge on any atom is -0.487 e. The summed E-state index contributed by atoms with van der Waals surface area (Å²) >= 11 is 0. The summed E-state index contributed by atoms with van der Waals surface area (Å²) in [5.41, 5.74) is 1.47. The molecule has 0 saturated heterocycles. The van der Waals surface area contributed by atoms with Crippen LogP contribution in [0.5, 0.6) is 5.75 Å². The maximum absolute atomic E-state index is 13.6. The molecule has 0 saturated carbocycles. The molecule has 9 heteroatoms. The van der Waals surface area contributed by atoms with Gasteiger partial charge in [-0.2, -0.15) is 4.31 Å². The van der Waals surface area contributed by atoms with Crippen molar-refractivity contribution in [3.05, 3.63) is 53.9 Å². The molecule has 1 aromatic carbocycles. The smallest absolute Gasteiger partial charge is 0.247 e. The number of benzene rings is 1. The molecule has 2 heterocycles. The second-order valence-corrected chi connectivity index (χ2v) is 12.0. The van der Waals surface area contributed by atoms with Crippen molar-refractivity contribution in [3.63, 3.8) is 0 Å². The van der Waals surface area contributed by atoms with Crippen molar-refractivity contribution in [2.45, 2.75) is 57.6 Å². The van der Waals surface area contributed by atoms with E-state index in [1.807, 2.05) is 13.0 Å². The van der Waals surface area contributed by atoms with Crippen LogP contribution in [0.4, 0.5) is 0 Å². The Kier molecular flexibility index (Phi) is 9.71. The fourth-order valence-corrected chi connectivity index (χ4v) is 5.89. The Hall–Kier alpha value is -2.93. The van der Waals surface area contributed by atoms with Crippen molar-refractivity contribution in [3.8, 4) is 17.6 Å². The minimum absolute atomic E-state index is 0.0310. The lowest BCUT2D eigenvalue weighted by atomic mass is 10.0. The third-order valence-corrected chi connectivity index (χ3v) is 8.39. The molecule has 1 aliphatic rings. The number of fused-ring (bicyclic) bond motifs is 1. The van der Waals surface area contributed by atoms with Crippen LogP contribution in [-0.2, 0) is 21.2 Å². The highest BCUT2D eigenvalue weighted by Crippen LogP contribution is 2.34. The minimum atomic E-state index is -3.93. The van der Waals surface area contributed by atoms with Gasteiger partial charge in [-0.25, -0.2) is 8.42 Å². The monoisotopic (exact) mass is 527 g/mol. The molecule has 37 heavy (non-hydrogen) atoms. The van der Waals surface area contributed by atoms with Crippen LogP contribution in [0.3, 0.4) is 0 Å². The normalized spacial score (nSPS) is 20.0. The average Bonchev–Trinajstić information content (AvgIpc) is 2.86. The van der Waals surface area contributed by atoms with Gasteiger partial charge in [-0.15, -0.1) is 0 Å². The zero-order valence-electron chi connectivity index (χ0n) is 22.2. The summed E-state index contributed by atoms with van der Waals surface area (Å²) in [7, 11) is -2.22. The molecule has 1 N–H and O–H groups in total. The van der Waals surface area contributed by atoms with Gasteiger partial charge in [0.1, 0.15) is 16.7 Å². The zero-order chi connectivity index (χ0) is 27.2. The summed E-state index contributed by atoms with van der Waals surface area (Å²) in [6.45, 7) is 7.85. The standard InChI is InChI=1S/C28H37N3O5S/c1-20(2)8-6-9-23-11-12-27-25(14-23)36-26(21(3)17-31(22(4)19-32)37(27,34)35)18-30(5)28(33)15-24-10-7-13-29-16-24/h7,10-14,16,20-22,26,32H,8,15,17-19H2,1-5H3/t21-,22-,26-/m1/s1. The fourth-order valence-electron chi connectivity index (χ4n) is 4.06. The molecular weight excluding hydrogens is 490 g/mol. The predicted molar refractivity (Wildman–Crippen MR) is 142 cm³/mol. The van der Waals surface area contributed by atoms with Gasteiger partial charge in [0.25, 0.3) is 0 Å². The number of amides is 1. The van der Waals surface area contributed by atoms with Gasteiger partial charge in [-0.3, -0.25) is 9.78 Å². The van der Waals surface area contributed by atoms with Crippen LogP contribution < -0.4 is 4.74 Å². The second-order valence-electron chi connectivity index (χ2n) is 10.1. The molecule has 1 amide bonds. The fraction of sp³-hybridized carbons (Fsp3) is 0.500. The molecule has 8 nitrogen and oxygen atoms in total. The Labute approximate surface area is 220 Å². The molecule has 3 rings (SSSR count). The molecule has 3 atom stereocenters. The quantitative estimate of drug-likeness (QED) is 0.556. The van der Waals surface area contributed by atoms with Crippen LogP contribution in [0, 0.1) is 23.7 Å². The lowest BCUT2D eigenvalue weighted by Crippen LogP contribution is -2.50. The van der Waals surface area contributed by atoms with Gasteiger partial charge in [-0.1, -0.05) is 38.7 Å². The van der Waals surface area contributed by atoms with E-state index in [1.165, 1.54) is 10.4 Å². The van der Waals surface area contributed by atoms with Crippen LogP contribution in [0.25, 0.3) is 0 Å². The van der Waals surface area contributed by atoms with Crippen LogP contribution in [0.15, 0.2) is 47.6 Å². The number of pyridine rings is 1. The number of carbonyl (C=O) groups excluding carboxylic acids is 1. The molecule has 1 aromatic heterocycles. The van der Waals surface area contributed by atoms with Crippen LogP contribution in [0.1, 0.15) is 45.2 Å². The molecular formula is C28H37N3O5S. The third-order valence-electron chi connectivity index (χ3n) is 6.37. The molecule has 0 spiro atoms. The van der Waals surface area contributed by atoms with Crippen molar-refractivity contribution in [2.24, 2.45) is 11.8 Å². The van der Waals surface area contributed by atoms with E-state index < -0.39 is 22.2 Å². The highest BCUT2D eigenvalue weighted by molar-refractivity contribution is 7.89. The average molecular weight is 528 g/mol. The van der Waals surface area contributed by atoms with E-state index in [-0.39, 0.29) is 48.6 Å². The molecule has 0 bridgehead atoms. The first kappa shape index (κ1) is 28.6. The van der Waals surface area contributed by atoms with E-state index in [9.17, 15) is 18.3 Å². The van der Waals surface area contributed by atoms with E-state index >= 15 is 0 Å². The molecule has 0 fully saturated rings. The second kappa shape index (κ2) is 12.5. The number of rotatable bonds is 7. The van der Waals surface area contributed by atoms with Crippen LogP contribution >= 0.6 is 0 Å². The number of aromatic nitrogens is 1. The largest absolute Gasteiger partial charge is 0.487 e. The summed E-state index contributed by atoms with van der Waals surface area (Å²) in [6, 6.07) is 7.88. The number of aliphatic hydroxyl groups is 1. The topological polar surface area (TPSA) is 100 Å². The molecule has 0 aliphatic carbocycles. The Balaban J connectivity index is 1.95. The van der Waals surface area contributed by atoms with Gasteiger partial charge in [0.15, 0.2) is 0 Å². The predicted octanol–water partition coefficient (Wildman–Crippen LogP) is 2.95. The van der Waals surface area contributed by atoms with Crippen molar-refractivity contribution < 1.29 is 23.1 Å². The van der Waals surface area contributed by atoms with Gasteiger partial charge in [0, 0.05) is 49.9 Å². The maximum Gasteiger partial charge on any atom is 0.247 e. The van der Waals surface area contributed by atoms with Gasteiger partial charge in [0.05, 0.1) is 19.6 Å². The number of nitrogens with zero attached hydrogens (tertiary/aromatic N) is 3. The zero-order valence-corrected chi connectivity index (χ0v) is 23.0. The van der Waals surface area contributed by atoms with Crippen molar-refractivity contribution >= 4 is 15.9 Å². The highest BCUT2D eigenvalue weighted by Gasteiger charge is 2.38. The highest BCUT2D eigenvalue weighted by atomic mass is 32.2. The van der Waals surface area contributed by atoms with Crippen molar-refractivity contribution in [1.82, 2.24) is 14.2 Å². The van der Waals surface area contributed by atoms with E-state index in [0.717, 1.165) is 12.0 Å². The van der Waals surface area contributed by atoms with Crippen LogP contribution in [0.2, 0.25) is 0 Å². The van der Waals surface area contributed by atoms with E-state index in [0.29, 0.717) is 11.5 Å². The molecule has 1 aliphatic heterocycles. The summed E-state index contributed by atoms with van der Waals surface area (Å²) in [6.07, 6.45) is 3.77. The Morgan fingerprint density at radius 1 is 1.30 bits per heavy atom. The number of hydrogen-bond donors (Lipinski definition) is 1. The molecule has 2 aromatic rings. The SMILES string of the molecule is CC(C)CC#Cc1ccc2c(c1)O[C@H](CN(C)C(=O)Cc1cccnc1)[C@H](C)CN([C@H](C)CO)S2(=O)=O. The Morgan fingerprint density at radius 3 is 2.70 bits per heavy atom. The van der Waals surface area contributed by atoms with Crippen molar-refractivity contribution in [2.75, 3.05) is 26.7 Å². The number of aliphatic hydroxyl groups excluding tert-OH is 1. The van der Waals surface area contributed by atoms with E-state index in [2.05, 4.69) is 30.7 Å². The number of sulfonamides is 1. The van der Waals surface area contributed by atoms with Gasteiger partial charge in [-0.05, 0) is 42.7 Å². The molecule has 0 radical (unpaired) electrons. The Bertz CT molecular complexity index is 1240. The summed E-state index contributed by atoms with van der Waals surface area (Å²) < 4.78 is 34.9. The summed E-state index contributed by atoms with van der Waals surface area (Å²) in [5.74, 6) is 6.50. The first-order valence-corrected chi connectivity index (χ1v) is 14.0. The number of hydrogen-bond acceptors (Lipinski definition) is 6. The number of ether oxygens (including phenoxy) is 1. The van der Waals surface area contributed by atoms with Crippen LogP contribution in [-0.4, -0.2) is 72.5 Å². The number of carbonyl (C=O) groups is 1. The molecule has 200 valence electrons. The number of likely N-dealkylation sites (N-methyl/N-ethyl adjacent to an activating group) is 1. The first-order valence-electron chi connectivity index (χ1n) is 12.6. The van der Waals surface area contributed by atoms with Gasteiger partial charge in [0.2, 0.25) is 15.9 Å². The van der Waals surface area contributed by atoms with Gasteiger partial charge < -0.3 is 14.7 Å². The first-order chi connectivity index (χ1) is 17.5. The van der Waals surface area contributed by atoms with Gasteiger partial charge >= 0.3 is 0 Å².